The van der Waals surface area contributed by atoms with Crippen molar-refractivity contribution >= 4 is 27.4 Å². The van der Waals surface area contributed by atoms with Crippen LogP contribution in [0.2, 0.25) is 0 Å². The predicted molar refractivity (Wildman–Crippen MR) is 86.8 cm³/mol. The Morgan fingerprint density at radius 1 is 1.30 bits per heavy atom. The minimum absolute atomic E-state index is 0.221. The molecule has 0 aliphatic carbocycles. The lowest BCUT2D eigenvalue weighted by atomic mass is 10.2. The number of nitrogens with zero attached hydrogens (tertiary/aromatic N) is 1. The Hall–Kier alpha value is -1.55. The number of ether oxygens (including phenoxy) is 1. The van der Waals surface area contributed by atoms with Crippen molar-refractivity contribution in [1.82, 2.24) is 4.98 Å². The van der Waals surface area contributed by atoms with E-state index in [2.05, 4.69) is 40.1 Å². The summed E-state index contributed by atoms with van der Waals surface area (Å²) < 4.78 is 6.83. The zero-order valence-corrected chi connectivity index (χ0v) is 13.6. The molecule has 2 rings (SSSR count). The normalized spacial score (nSPS) is 12.0. The van der Waals surface area contributed by atoms with Crippen LogP contribution in [-0.4, -0.2) is 11.1 Å². The van der Waals surface area contributed by atoms with Crippen molar-refractivity contribution in [1.29, 1.82) is 0 Å². The second-order valence-electron chi connectivity index (χ2n) is 4.75. The van der Waals surface area contributed by atoms with Gasteiger partial charge in [0.15, 0.2) is 0 Å². The summed E-state index contributed by atoms with van der Waals surface area (Å²) in [5.41, 5.74) is 1.93. The maximum Gasteiger partial charge on any atom is 0.130 e. The second-order valence-corrected chi connectivity index (χ2v) is 5.61. The summed E-state index contributed by atoms with van der Waals surface area (Å²) in [4.78, 5) is 4.48. The van der Waals surface area contributed by atoms with Crippen LogP contribution < -0.4 is 10.1 Å². The minimum Gasteiger partial charge on any atom is -0.491 e. The van der Waals surface area contributed by atoms with E-state index < -0.39 is 0 Å². The molecule has 1 heterocycles. The van der Waals surface area contributed by atoms with Crippen LogP contribution >= 0.6 is 15.9 Å². The monoisotopic (exact) mass is 334 g/mol. The highest BCUT2D eigenvalue weighted by molar-refractivity contribution is 9.10. The first-order valence-corrected chi connectivity index (χ1v) is 7.54. The molecule has 0 spiro atoms. The van der Waals surface area contributed by atoms with E-state index in [-0.39, 0.29) is 6.10 Å². The van der Waals surface area contributed by atoms with Gasteiger partial charge in [-0.1, -0.05) is 13.0 Å². The molecule has 0 fully saturated rings. The Morgan fingerprint density at radius 2 is 2.10 bits per heavy atom. The van der Waals surface area contributed by atoms with Gasteiger partial charge in [0, 0.05) is 16.2 Å². The van der Waals surface area contributed by atoms with Gasteiger partial charge in [-0.15, -0.1) is 0 Å². The number of benzene rings is 1. The third kappa shape index (κ3) is 3.97. The smallest absolute Gasteiger partial charge is 0.130 e. The van der Waals surface area contributed by atoms with Gasteiger partial charge in [-0.3, -0.25) is 0 Å². The fraction of sp³-hybridized carbons (Fsp3) is 0.312. The fourth-order valence-corrected chi connectivity index (χ4v) is 1.95. The lowest BCUT2D eigenvalue weighted by Gasteiger charge is -2.14. The molecule has 0 bridgehead atoms. The first-order chi connectivity index (χ1) is 9.58. The molecular weight excluding hydrogens is 316 g/mol. The first-order valence-electron chi connectivity index (χ1n) is 6.75. The van der Waals surface area contributed by atoms with Gasteiger partial charge in [0.2, 0.25) is 0 Å². The number of aromatic nitrogens is 1. The van der Waals surface area contributed by atoms with Crippen molar-refractivity contribution in [2.45, 2.75) is 33.3 Å². The van der Waals surface area contributed by atoms with Gasteiger partial charge in [-0.2, -0.15) is 0 Å². The third-order valence-electron chi connectivity index (χ3n) is 3.04. The van der Waals surface area contributed by atoms with Crippen LogP contribution in [0, 0.1) is 6.92 Å². The zero-order chi connectivity index (χ0) is 14.5. The summed E-state index contributed by atoms with van der Waals surface area (Å²) in [7, 11) is 0. The van der Waals surface area contributed by atoms with Gasteiger partial charge >= 0.3 is 0 Å². The van der Waals surface area contributed by atoms with E-state index in [0.29, 0.717) is 0 Å². The minimum atomic E-state index is 0.221. The van der Waals surface area contributed by atoms with E-state index >= 15 is 0 Å². The van der Waals surface area contributed by atoms with E-state index in [1.165, 1.54) is 0 Å². The van der Waals surface area contributed by atoms with Crippen LogP contribution in [0.4, 0.5) is 11.5 Å². The molecule has 1 N–H and O–H groups in total. The summed E-state index contributed by atoms with van der Waals surface area (Å²) >= 11 is 3.45. The van der Waals surface area contributed by atoms with Crippen LogP contribution in [0.25, 0.3) is 0 Å². The molecule has 1 aromatic heterocycles. The largest absolute Gasteiger partial charge is 0.491 e. The molecule has 1 aromatic carbocycles. The highest BCUT2D eigenvalue weighted by Crippen LogP contribution is 2.23. The summed E-state index contributed by atoms with van der Waals surface area (Å²) in [6.07, 6.45) is 1.21. The van der Waals surface area contributed by atoms with Crippen LogP contribution in [0.5, 0.6) is 5.75 Å². The van der Waals surface area contributed by atoms with E-state index in [4.69, 9.17) is 4.74 Å². The maximum absolute atomic E-state index is 5.82. The van der Waals surface area contributed by atoms with Crippen molar-refractivity contribution < 1.29 is 4.74 Å². The van der Waals surface area contributed by atoms with Gasteiger partial charge in [-0.25, -0.2) is 4.98 Å². The van der Waals surface area contributed by atoms with Crippen molar-refractivity contribution in [3.8, 4) is 5.75 Å². The number of anilines is 2. The molecular formula is C16H19BrN2O. The molecule has 0 saturated heterocycles. The average molecular weight is 335 g/mol. The van der Waals surface area contributed by atoms with Gasteiger partial charge in [0.1, 0.15) is 11.6 Å². The van der Waals surface area contributed by atoms with Crippen molar-refractivity contribution in [3.05, 3.63) is 46.6 Å². The van der Waals surface area contributed by atoms with Gasteiger partial charge in [0.05, 0.1) is 11.8 Å². The van der Waals surface area contributed by atoms with E-state index in [9.17, 15) is 0 Å². The summed E-state index contributed by atoms with van der Waals surface area (Å²) in [6.45, 7) is 6.15. The van der Waals surface area contributed by atoms with Crippen LogP contribution in [0.3, 0.4) is 0 Å². The Morgan fingerprint density at radius 3 is 2.80 bits per heavy atom. The molecule has 0 amide bonds. The second kappa shape index (κ2) is 6.75. The summed E-state index contributed by atoms with van der Waals surface area (Å²) in [5.74, 6) is 1.70. The summed E-state index contributed by atoms with van der Waals surface area (Å²) in [5, 5.41) is 3.29. The number of hydrogen-bond donors (Lipinski definition) is 1. The number of hydrogen-bond acceptors (Lipinski definition) is 3. The quantitative estimate of drug-likeness (QED) is 0.828. The molecule has 0 radical (unpaired) electrons. The standard InChI is InChI=1S/C16H19BrN2O/c1-4-11(2)20-14-7-5-6-13(10-14)19-16-9-8-15(17)12(3)18-16/h5-11H,4H2,1-3H3,(H,18,19). The predicted octanol–water partition coefficient (Wildman–Crippen LogP) is 5.07. The lowest BCUT2D eigenvalue weighted by molar-refractivity contribution is 0.217. The molecule has 20 heavy (non-hydrogen) atoms. The highest BCUT2D eigenvalue weighted by Gasteiger charge is 2.03. The number of rotatable bonds is 5. The Bertz CT molecular complexity index is 586. The molecule has 0 aliphatic heterocycles. The maximum atomic E-state index is 5.82. The van der Waals surface area contributed by atoms with Gasteiger partial charge in [-0.05, 0) is 60.5 Å². The van der Waals surface area contributed by atoms with E-state index in [1.54, 1.807) is 0 Å². The lowest BCUT2D eigenvalue weighted by Crippen LogP contribution is -2.09. The molecule has 3 nitrogen and oxygen atoms in total. The van der Waals surface area contributed by atoms with Crippen molar-refractivity contribution in [3.63, 3.8) is 0 Å². The number of pyridine rings is 1. The SMILES string of the molecule is CCC(C)Oc1cccc(Nc2ccc(Br)c(C)n2)c1. The molecule has 0 aliphatic rings. The van der Waals surface area contributed by atoms with Crippen LogP contribution in [0.15, 0.2) is 40.9 Å². The Labute approximate surface area is 128 Å². The zero-order valence-electron chi connectivity index (χ0n) is 12.0. The van der Waals surface area contributed by atoms with E-state index in [1.807, 2.05) is 43.3 Å². The number of aryl methyl sites for hydroxylation is 1. The third-order valence-corrected chi connectivity index (χ3v) is 3.88. The number of halogens is 1. The Kier molecular flexibility index (Phi) is 5.01. The van der Waals surface area contributed by atoms with Crippen LogP contribution in [0.1, 0.15) is 26.0 Å². The van der Waals surface area contributed by atoms with Crippen molar-refractivity contribution in [2.24, 2.45) is 0 Å². The van der Waals surface area contributed by atoms with Crippen molar-refractivity contribution in [2.75, 3.05) is 5.32 Å². The van der Waals surface area contributed by atoms with E-state index in [0.717, 1.165) is 33.8 Å². The molecule has 1 atom stereocenters. The van der Waals surface area contributed by atoms with Crippen LogP contribution in [-0.2, 0) is 0 Å². The average Bonchev–Trinajstić information content (AvgIpc) is 2.43. The molecule has 106 valence electrons. The molecule has 0 saturated carbocycles. The van der Waals surface area contributed by atoms with Gasteiger partial charge in [0.25, 0.3) is 0 Å². The molecule has 2 aromatic rings. The highest BCUT2D eigenvalue weighted by atomic mass is 79.9. The summed E-state index contributed by atoms with van der Waals surface area (Å²) in [6, 6.07) is 11.9. The number of nitrogens with one attached hydrogen (secondary N) is 1. The first kappa shape index (κ1) is 14.9. The molecule has 4 heteroatoms. The Balaban J connectivity index is 2.12. The topological polar surface area (TPSA) is 34.1 Å². The fourth-order valence-electron chi connectivity index (χ4n) is 1.72. The van der Waals surface area contributed by atoms with Gasteiger partial charge < -0.3 is 10.1 Å². The molecule has 1 unspecified atom stereocenters.